The minimum Gasteiger partial charge on any atom is -0.323 e. The molecule has 3 heterocycles. The molecule has 4 rings (SSSR count). The standard InChI is InChI=1S/C21H19BrN4O3/c1-21(10-9-14-5-3-2-4-6-14)19(28)26(20(29)24-21)13-16-11-18(27)25-12-15(22)7-8-17(25)23-16/h2-8,11-12H,9-10,13H2,1H3,(H,24,29). The summed E-state index contributed by atoms with van der Waals surface area (Å²) >= 11 is 3.32. The number of urea groups is 1. The molecule has 1 unspecified atom stereocenters. The number of hydrogen-bond donors (Lipinski definition) is 1. The topological polar surface area (TPSA) is 83.8 Å². The van der Waals surface area contributed by atoms with Crippen molar-refractivity contribution in [2.75, 3.05) is 0 Å². The van der Waals surface area contributed by atoms with Crippen LogP contribution in [0.25, 0.3) is 5.65 Å². The van der Waals surface area contributed by atoms with Crippen molar-refractivity contribution in [3.63, 3.8) is 0 Å². The Labute approximate surface area is 175 Å². The molecule has 8 heteroatoms. The van der Waals surface area contributed by atoms with Crippen molar-refractivity contribution in [1.29, 1.82) is 0 Å². The van der Waals surface area contributed by atoms with E-state index in [9.17, 15) is 14.4 Å². The number of rotatable bonds is 5. The van der Waals surface area contributed by atoms with Gasteiger partial charge < -0.3 is 5.32 Å². The summed E-state index contributed by atoms with van der Waals surface area (Å²) in [5.41, 5.74) is 0.668. The van der Waals surface area contributed by atoms with Crippen LogP contribution < -0.4 is 10.9 Å². The number of pyridine rings is 1. The van der Waals surface area contributed by atoms with Crippen LogP contribution in [-0.4, -0.2) is 31.8 Å². The first kappa shape index (κ1) is 19.3. The Balaban J connectivity index is 1.54. The zero-order valence-corrected chi connectivity index (χ0v) is 17.3. The number of nitrogens with one attached hydrogen (secondary N) is 1. The normalized spacial score (nSPS) is 19.0. The average molecular weight is 455 g/mol. The number of fused-ring (bicyclic) bond motifs is 1. The minimum absolute atomic E-state index is 0.0482. The Morgan fingerprint density at radius 1 is 1.10 bits per heavy atom. The maximum atomic E-state index is 13.0. The van der Waals surface area contributed by atoms with Gasteiger partial charge in [0.25, 0.3) is 11.5 Å². The van der Waals surface area contributed by atoms with Gasteiger partial charge >= 0.3 is 6.03 Å². The van der Waals surface area contributed by atoms with Gasteiger partial charge in [-0.05, 0) is 53.4 Å². The third kappa shape index (κ3) is 3.80. The molecule has 7 nitrogen and oxygen atoms in total. The first-order chi connectivity index (χ1) is 13.9. The van der Waals surface area contributed by atoms with Crippen LogP contribution in [-0.2, 0) is 17.8 Å². The lowest BCUT2D eigenvalue weighted by Crippen LogP contribution is -2.44. The van der Waals surface area contributed by atoms with Crippen LogP contribution in [0.3, 0.4) is 0 Å². The first-order valence-electron chi connectivity index (χ1n) is 9.22. The highest BCUT2D eigenvalue weighted by atomic mass is 79.9. The number of hydrogen-bond acceptors (Lipinski definition) is 4. The van der Waals surface area contributed by atoms with E-state index in [2.05, 4.69) is 26.2 Å². The maximum Gasteiger partial charge on any atom is 0.325 e. The highest BCUT2D eigenvalue weighted by Gasteiger charge is 2.47. The van der Waals surface area contributed by atoms with Gasteiger partial charge in [0, 0.05) is 16.7 Å². The molecule has 1 saturated heterocycles. The molecule has 0 spiro atoms. The molecule has 0 saturated carbocycles. The molecule has 0 radical (unpaired) electrons. The zero-order chi connectivity index (χ0) is 20.6. The van der Waals surface area contributed by atoms with E-state index in [0.717, 1.165) is 14.9 Å². The fraction of sp³-hybridized carbons (Fsp3) is 0.238. The van der Waals surface area contributed by atoms with Crippen molar-refractivity contribution in [2.24, 2.45) is 0 Å². The van der Waals surface area contributed by atoms with Gasteiger partial charge in [-0.15, -0.1) is 0 Å². The van der Waals surface area contributed by atoms with Crippen LogP contribution in [0.15, 0.2) is 64.0 Å². The Morgan fingerprint density at radius 2 is 1.86 bits per heavy atom. The second kappa shape index (κ2) is 7.44. The molecule has 1 aliphatic rings. The molecule has 0 aliphatic carbocycles. The van der Waals surface area contributed by atoms with Crippen LogP contribution >= 0.6 is 15.9 Å². The molecule has 2 aromatic heterocycles. The highest BCUT2D eigenvalue weighted by molar-refractivity contribution is 9.10. The van der Waals surface area contributed by atoms with E-state index in [1.54, 1.807) is 25.3 Å². The molecule has 148 valence electrons. The molecule has 1 aliphatic heterocycles. The van der Waals surface area contributed by atoms with Crippen molar-refractivity contribution in [1.82, 2.24) is 19.6 Å². The average Bonchev–Trinajstić information content (AvgIpc) is 2.91. The summed E-state index contributed by atoms with van der Waals surface area (Å²) in [6.07, 6.45) is 2.78. The molecule has 1 atom stereocenters. The summed E-state index contributed by atoms with van der Waals surface area (Å²) in [7, 11) is 0. The molecule has 1 aromatic carbocycles. The number of imide groups is 1. The summed E-state index contributed by atoms with van der Waals surface area (Å²) in [6, 6.07) is 14.2. The number of carbonyl (C=O) groups excluding carboxylic acids is 2. The number of aryl methyl sites for hydroxylation is 1. The van der Waals surface area contributed by atoms with Crippen molar-refractivity contribution < 1.29 is 9.59 Å². The van der Waals surface area contributed by atoms with Crippen LogP contribution in [0, 0.1) is 0 Å². The Hall–Kier alpha value is -3.00. The van der Waals surface area contributed by atoms with Crippen LogP contribution in [0.4, 0.5) is 4.79 Å². The van der Waals surface area contributed by atoms with E-state index in [-0.39, 0.29) is 18.0 Å². The van der Waals surface area contributed by atoms with Gasteiger partial charge in [-0.25, -0.2) is 9.78 Å². The summed E-state index contributed by atoms with van der Waals surface area (Å²) < 4.78 is 2.16. The predicted molar refractivity (Wildman–Crippen MR) is 111 cm³/mol. The third-order valence-corrected chi connectivity index (χ3v) is 5.57. The van der Waals surface area contributed by atoms with Crippen molar-refractivity contribution >= 4 is 33.5 Å². The number of nitrogens with zero attached hydrogens (tertiary/aromatic N) is 3. The van der Waals surface area contributed by atoms with E-state index in [0.29, 0.717) is 24.2 Å². The van der Waals surface area contributed by atoms with Crippen LogP contribution in [0.2, 0.25) is 0 Å². The van der Waals surface area contributed by atoms with Gasteiger partial charge in [-0.1, -0.05) is 30.3 Å². The molecule has 0 bridgehead atoms. The summed E-state index contributed by atoms with van der Waals surface area (Å²) in [4.78, 5) is 43.4. The molecule has 3 amide bonds. The Kier molecular flexibility index (Phi) is 4.96. The largest absolute Gasteiger partial charge is 0.325 e. The Bertz CT molecular complexity index is 1160. The number of halogens is 1. The summed E-state index contributed by atoms with van der Waals surface area (Å²) in [6.45, 7) is 1.68. The SMILES string of the molecule is CC1(CCc2ccccc2)NC(=O)N(Cc2cc(=O)n3cc(Br)ccc3n2)C1=O. The molecule has 1 fully saturated rings. The van der Waals surface area contributed by atoms with E-state index in [4.69, 9.17) is 0 Å². The lowest BCUT2D eigenvalue weighted by atomic mass is 9.93. The van der Waals surface area contributed by atoms with Gasteiger partial charge in [-0.2, -0.15) is 0 Å². The van der Waals surface area contributed by atoms with Gasteiger partial charge in [0.1, 0.15) is 11.2 Å². The predicted octanol–water partition coefficient (Wildman–Crippen LogP) is 2.90. The van der Waals surface area contributed by atoms with Crippen molar-refractivity contribution in [3.8, 4) is 0 Å². The summed E-state index contributed by atoms with van der Waals surface area (Å²) in [5.74, 6) is -0.309. The molecule has 1 N–H and O–H groups in total. The van der Waals surface area contributed by atoms with Gasteiger partial charge in [0.05, 0.1) is 12.2 Å². The van der Waals surface area contributed by atoms with E-state index in [1.165, 1.54) is 10.5 Å². The number of aromatic nitrogens is 2. The van der Waals surface area contributed by atoms with Crippen molar-refractivity contribution in [3.05, 3.63) is 80.8 Å². The van der Waals surface area contributed by atoms with Crippen molar-refractivity contribution in [2.45, 2.75) is 31.8 Å². The monoisotopic (exact) mass is 454 g/mol. The van der Waals surface area contributed by atoms with Gasteiger partial charge in [-0.3, -0.25) is 18.9 Å². The molecule has 3 aromatic rings. The first-order valence-corrected chi connectivity index (χ1v) is 10.0. The summed E-state index contributed by atoms with van der Waals surface area (Å²) in [5, 5.41) is 2.80. The quantitative estimate of drug-likeness (QED) is 0.600. The Morgan fingerprint density at radius 3 is 2.62 bits per heavy atom. The zero-order valence-electron chi connectivity index (χ0n) is 15.8. The van der Waals surface area contributed by atoms with Crippen LogP contribution in [0.1, 0.15) is 24.6 Å². The fourth-order valence-electron chi connectivity index (χ4n) is 3.47. The smallest absolute Gasteiger partial charge is 0.323 e. The fourth-order valence-corrected chi connectivity index (χ4v) is 3.81. The second-order valence-corrected chi connectivity index (χ2v) is 8.22. The number of carbonyl (C=O) groups is 2. The molecular weight excluding hydrogens is 436 g/mol. The van der Waals surface area contributed by atoms with Crippen LogP contribution in [0.5, 0.6) is 0 Å². The second-order valence-electron chi connectivity index (χ2n) is 7.30. The lowest BCUT2D eigenvalue weighted by Gasteiger charge is -2.21. The number of amides is 3. The maximum absolute atomic E-state index is 13.0. The van der Waals surface area contributed by atoms with Gasteiger partial charge in [0.2, 0.25) is 0 Å². The van der Waals surface area contributed by atoms with E-state index >= 15 is 0 Å². The van der Waals surface area contributed by atoms with Gasteiger partial charge in [0.15, 0.2) is 0 Å². The van der Waals surface area contributed by atoms with E-state index < -0.39 is 11.6 Å². The molecular formula is C21H19BrN4O3. The minimum atomic E-state index is -0.982. The lowest BCUT2D eigenvalue weighted by molar-refractivity contribution is -0.131. The number of benzene rings is 1. The third-order valence-electron chi connectivity index (χ3n) is 5.10. The highest BCUT2D eigenvalue weighted by Crippen LogP contribution is 2.24. The van der Waals surface area contributed by atoms with E-state index in [1.807, 2.05) is 30.3 Å². The molecule has 29 heavy (non-hydrogen) atoms.